The van der Waals surface area contributed by atoms with E-state index >= 15 is 0 Å². The van der Waals surface area contributed by atoms with E-state index in [1.807, 2.05) is 10.9 Å². The number of thioether (sulfide) groups is 1. The first kappa shape index (κ1) is 18.5. The van der Waals surface area contributed by atoms with E-state index in [0.29, 0.717) is 13.1 Å². The fraction of sp³-hybridized carbons (Fsp3) is 0.684. The highest BCUT2D eigenvalue weighted by Crippen LogP contribution is 2.29. The average Bonchev–Trinajstić information content (AvgIpc) is 3.04. The van der Waals surface area contributed by atoms with Gasteiger partial charge < -0.3 is 10.2 Å². The molecule has 1 N–H and O–H groups in total. The molecular weight excluding hydrogens is 360 g/mol. The Hall–Kier alpha value is -1.83. The summed E-state index contributed by atoms with van der Waals surface area (Å²) < 4.78 is 1.91. The van der Waals surface area contributed by atoms with E-state index in [0.717, 1.165) is 53.7 Å². The van der Waals surface area contributed by atoms with E-state index in [9.17, 15) is 4.79 Å². The molecule has 3 heterocycles. The van der Waals surface area contributed by atoms with Crippen LogP contribution < -0.4 is 10.2 Å². The number of carbonyl (C=O) groups is 1. The van der Waals surface area contributed by atoms with Gasteiger partial charge in [-0.25, -0.2) is 14.6 Å². The van der Waals surface area contributed by atoms with Crippen molar-refractivity contribution in [2.45, 2.75) is 57.1 Å². The number of hydrogen-bond donors (Lipinski definition) is 1. The first-order chi connectivity index (χ1) is 13.3. The van der Waals surface area contributed by atoms with Crippen LogP contribution in [0.5, 0.6) is 0 Å². The quantitative estimate of drug-likeness (QED) is 0.581. The molecule has 2 aromatic rings. The van der Waals surface area contributed by atoms with E-state index in [4.69, 9.17) is 9.97 Å². The fourth-order valence-electron chi connectivity index (χ4n) is 3.72. The zero-order valence-electron chi connectivity index (χ0n) is 16.0. The van der Waals surface area contributed by atoms with Crippen molar-refractivity contribution in [3.05, 3.63) is 6.20 Å². The minimum absolute atomic E-state index is 0.184. The van der Waals surface area contributed by atoms with Crippen LogP contribution >= 0.6 is 11.8 Å². The number of carbonyl (C=O) groups excluding carboxylic acids is 1. The number of nitrogens with zero attached hydrogens (tertiary/aromatic N) is 5. The molecule has 0 spiro atoms. The van der Waals surface area contributed by atoms with E-state index in [-0.39, 0.29) is 11.8 Å². The summed E-state index contributed by atoms with van der Waals surface area (Å²) in [5.74, 6) is 2.36. The van der Waals surface area contributed by atoms with Gasteiger partial charge in [-0.2, -0.15) is 5.10 Å². The molecule has 1 aliphatic carbocycles. The van der Waals surface area contributed by atoms with E-state index in [1.54, 1.807) is 11.8 Å². The average molecular weight is 389 g/mol. The van der Waals surface area contributed by atoms with Crippen LogP contribution in [0.2, 0.25) is 0 Å². The van der Waals surface area contributed by atoms with Gasteiger partial charge in [0.25, 0.3) is 0 Å². The lowest BCUT2D eigenvalue weighted by molar-refractivity contribution is -0.127. The van der Waals surface area contributed by atoms with Crippen molar-refractivity contribution in [1.29, 1.82) is 0 Å². The van der Waals surface area contributed by atoms with E-state index in [2.05, 4.69) is 22.2 Å². The van der Waals surface area contributed by atoms with Crippen molar-refractivity contribution in [1.82, 2.24) is 25.1 Å². The minimum atomic E-state index is 0.184. The molecule has 2 fully saturated rings. The van der Waals surface area contributed by atoms with Crippen LogP contribution in [-0.2, 0) is 11.3 Å². The molecule has 2 aliphatic rings. The number of piperidine rings is 1. The Morgan fingerprint density at radius 3 is 2.74 bits per heavy atom. The van der Waals surface area contributed by atoms with Gasteiger partial charge in [0.15, 0.2) is 10.8 Å². The molecule has 4 rings (SSSR count). The predicted molar refractivity (Wildman–Crippen MR) is 108 cm³/mol. The summed E-state index contributed by atoms with van der Waals surface area (Å²) in [6.45, 7) is 5.43. The topological polar surface area (TPSA) is 75.9 Å². The lowest BCUT2D eigenvalue weighted by Crippen LogP contribution is -2.36. The Bertz CT molecular complexity index is 797. The number of anilines is 1. The third-order valence-corrected chi connectivity index (χ3v) is 6.21. The number of amides is 1. The van der Waals surface area contributed by atoms with E-state index in [1.165, 1.54) is 25.7 Å². The molecule has 0 bridgehead atoms. The van der Waals surface area contributed by atoms with Crippen molar-refractivity contribution >= 4 is 34.5 Å². The lowest BCUT2D eigenvalue weighted by Gasteiger charge is -2.28. The Kier molecular flexibility index (Phi) is 5.80. The summed E-state index contributed by atoms with van der Waals surface area (Å²) >= 11 is 1.66. The van der Waals surface area contributed by atoms with Crippen LogP contribution in [0, 0.1) is 5.92 Å². The van der Waals surface area contributed by atoms with Crippen LogP contribution in [0.25, 0.3) is 11.0 Å². The van der Waals surface area contributed by atoms with Crippen LogP contribution in [0.3, 0.4) is 0 Å². The van der Waals surface area contributed by atoms with Gasteiger partial charge >= 0.3 is 0 Å². The number of nitrogens with one attached hydrogen (secondary N) is 1. The molecule has 8 heteroatoms. The number of rotatable bonds is 7. The molecular formula is C19H28N6OS. The molecule has 0 radical (unpaired) electrons. The SMILES string of the molecule is CCSc1nc(N2CCCCC2)c2cnn(CCNC(=O)C3CCC3)c2n1. The number of aromatic nitrogens is 4. The highest BCUT2D eigenvalue weighted by molar-refractivity contribution is 7.99. The molecule has 1 saturated heterocycles. The monoisotopic (exact) mass is 388 g/mol. The molecule has 27 heavy (non-hydrogen) atoms. The molecule has 0 atom stereocenters. The summed E-state index contributed by atoms with van der Waals surface area (Å²) in [6, 6.07) is 0. The highest BCUT2D eigenvalue weighted by Gasteiger charge is 2.25. The molecule has 146 valence electrons. The molecule has 1 saturated carbocycles. The first-order valence-corrected chi connectivity index (χ1v) is 11.1. The fourth-order valence-corrected chi connectivity index (χ4v) is 4.29. The summed E-state index contributed by atoms with van der Waals surface area (Å²) in [5.41, 5.74) is 0.874. The van der Waals surface area contributed by atoms with Gasteiger partial charge in [-0.1, -0.05) is 25.1 Å². The van der Waals surface area contributed by atoms with Crippen molar-refractivity contribution in [2.24, 2.45) is 5.92 Å². The second-order valence-electron chi connectivity index (χ2n) is 7.33. The maximum atomic E-state index is 12.0. The van der Waals surface area contributed by atoms with Crippen molar-refractivity contribution in [3.8, 4) is 0 Å². The third kappa shape index (κ3) is 4.05. The van der Waals surface area contributed by atoms with Gasteiger partial charge in [0.05, 0.1) is 18.1 Å². The zero-order chi connectivity index (χ0) is 18.6. The van der Waals surface area contributed by atoms with Crippen molar-refractivity contribution in [2.75, 3.05) is 30.3 Å². The standard InChI is InChI=1S/C19H28N6OS/c1-2-27-19-22-16(24-10-4-3-5-11-24)15-13-21-25(17(15)23-19)12-9-20-18(26)14-7-6-8-14/h13-14H,2-12H2,1H3,(H,20,26). The van der Waals surface area contributed by atoms with Gasteiger partial charge in [-0.15, -0.1) is 0 Å². The largest absolute Gasteiger partial charge is 0.356 e. The Morgan fingerprint density at radius 2 is 2.04 bits per heavy atom. The lowest BCUT2D eigenvalue weighted by atomic mass is 9.85. The molecule has 0 unspecified atom stereocenters. The zero-order valence-corrected chi connectivity index (χ0v) is 16.8. The van der Waals surface area contributed by atoms with Gasteiger partial charge in [0.2, 0.25) is 5.91 Å². The molecule has 0 aromatic carbocycles. The first-order valence-electron chi connectivity index (χ1n) is 10.1. The highest BCUT2D eigenvalue weighted by atomic mass is 32.2. The van der Waals surface area contributed by atoms with Crippen molar-refractivity contribution < 1.29 is 4.79 Å². The maximum Gasteiger partial charge on any atom is 0.223 e. The minimum Gasteiger partial charge on any atom is -0.356 e. The molecule has 1 aliphatic heterocycles. The van der Waals surface area contributed by atoms with Crippen LogP contribution in [0.4, 0.5) is 5.82 Å². The molecule has 1 amide bonds. The van der Waals surface area contributed by atoms with Gasteiger partial charge in [-0.05, 0) is 37.9 Å². The Labute approximate surface area is 164 Å². The summed E-state index contributed by atoms with van der Waals surface area (Å²) in [4.78, 5) is 24.0. The second kappa shape index (κ2) is 8.46. The number of fused-ring (bicyclic) bond motifs is 1. The van der Waals surface area contributed by atoms with Crippen LogP contribution in [0.15, 0.2) is 11.4 Å². The van der Waals surface area contributed by atoms with Gasteiger partial charge in [0.1, 0.15) is 5.82 Å². The van der Waals surface area contributed by atoms with Gasteiger partial charge in [0, 0.05) is 25.6 Å². The Balaban J connectivity index is 1.54. The third-order valence-electron chi connectivity index (χ3n) is 5.48. The molecule has 7 nitrogen and oxygen atoms in total. The van der Waals surface area contributed by atoms with Gasteiger partial charge in [-0.3, -0.25) is 4.79 Å². The smallest absolute Gasteiger partial charge is 0.223 e. The predicted octanol–water partition coefficient (Wildman–Crippen LogP) is 2.84. The normalized spacial score (nSPS) is 17.9. The van der Waals surface area contributed by atoms with Crippen LogP contribution in [0.1, 0.15) is 45.4 Å². The van der Waals surface area contributed by atoms with Crippen LogP contribution in [-0.4, -0.2) is 51.0 Å². The van der Waals surface area contributed by atoms with Crippen molar-refractivity contribution in [3.63, 3.8) is 0 Å². The number of hydrogen-bond acceptors (Lipinski definition) is 6. The molecule has 2 aromatic heterocycles. The van der Waals surface area contributed by atoms with E-state index < -0.39 is 0 Å². The maximum absolute atomic E-state index is 12.0. The Morgan fingerprint density at radius 1 is 1.22 bits per heavy atom. The summed E-state index contributed by atoms with van der Waals surface area (Å²) in [5, 5.41) is 9.43. The second-order valence-corrected chi connectivity index (χ2v) is 8.57. The summed E-state index contributed by atoms with van der Waals surface area (Å²) in [6.07, 6.45) is 8.83. The summed E-state index contributed by atoms with van der Waals surface area (Å²) in [7, 11) is 0.